The lowest BCUT2D eigenvalue weighted by Gasteiger charge is -2.14. The molecule has 2 N–H and O–H groups in total. The van der Waals surface area contributed by atoms with Crippen molar-refractivity contribution in [3.63, 3.8) is 0 Å². The van der Waals surface area contributed by atoms with E-state index in [2.05, 4.69) is 5.32 Å². The Hall–Kier alpha value is -1.84. The highest BCUT2D eigenvalue weighted by Gasteiger charge is 2.19. The highest BCUT2D eigenvalue weighted by atomic mass is 16.4. The molecule has 1 aromatic rings. The Balaban J connectivity index is 2.65. The molecule has 1 aromatic carbocycles. The maximum Gasteiger partial charge on any atom is 0.325 e. The van der Waals surface area contributed by atoms with E-state index in [0.29, 0.717) is 0 Å². The highest BCUT2D eigenvalue weighted by molar-refractivity contribution is 5.87. The minimum Gasteiger partial charge on any atom is -0.480 e. The third-order valence-electron chi connectivity index (χ3n) is 2.42. The van der Waals surface area contributed by atoms with Crippen molar-refractivity contribution in [3.8, 4) is 0 Å². The molecule has 0 bridgehead atoms. The number of carboxylic acid groups (broad SMARTS) is 1. The topological polar surface area (TPSA) is 66.4 Å². The summed E-state index contributed by atoms with van der Waals surface area (Å²) >= 11 is 0. The first-order valence-electron chi connectivity index (χ1n) is 5.10. The number of benzene rings is 1. The lowest BCUT2D eigenvalue weighted by Crippen LogP contribution is -2.40. The van der Waals surface area contributed by atoms with Crippen LogP contribution in [0.15, 0.2) is 30.3 Å². The molecule has 0 saturated carbocycles. The van der Waals surface area contributed by atoms with Crippen LogP contribution in [0, 0.1) is 0 Å². The fourth-order valence-corrected chi connectivity index (χ4v) is 1.29. The molecule has 1 rings (SSSR count). The van der Waals surface area contributed by atoms with Gasteiger partial charge in [-0.25, -0.2) is 0 Å². The van der Waals surface area contributed by atoms with Gasteiger partial charge in [-0.1, -0.05) is 30.3 Å². The van der Waals surface area contributed by atoms with Crippen molar-refractivity contribution in [2.24, 2.45) is 0 Å². The summed E-state index contributed by atoms with van der Waals surface area (Å²) in [4.78, 5) is 22.3. The Morgan fingerprint density at radius 3 is 2.25 bits per heavy atom. The molecule has 4 heteroatoms. The molecule has 0 heterocycles. The largest absolute Gasteiger partial charge is 0.480 e. The number of carbonyl (C=O) groups is 2. The van der Waals surface area contributed by atoms with E-state index in [0.717, 1.165) is 5.56 Å². The fraction of sp³-hybridized carbons (Fsp3) is 0.333. The number of amides is 1. The second kappa shape index (κ2) is 5.30. The number of hydrogen-bond acceptors (Lipinski definition) is 2. The zero-order chi connectivity index (χ0) is 12.1. The van der Waals surface area contributed by atoms with E-state index in [1.807, 2.05) is 30.3 Å². The van der Waals surface area contributed by atoms with Crippen LogP contribution in [0.1, 0.15) is 25.3 Å². The first-order chi connectivity index (χ1) is 7.52. The Labute approximate surface area is 94.3 Å². The van der Waals surface area contributed by atoms with Crippen LogP contribution in [0.5, 0.6) is 0 Å². The SMILES string of the molecule is CC(C(=O)N[C@H](C)C(=O)O)c1ccccc1. The van der Waals surface area contributed by atoms with E-state index in [9.17, 15) is 9.59 Å². The van der Waals surface area contributed by atoms with Gasteiger partial charge in [0.1, 0.15) is 6.04 Å². The summed E-state index contributed by atoms with van der Waals surface area (Å²) in [6.45, 7) is 3.19. The van der Waals surface area contributed by atoms with Crippen LogP contribution < -0.4 is 5.32 Å². The average molecular weight is 221 g/mol. The molecule has 0 spiro atoms. The Kier molecular flexibility index (Phi) is 4.05. The van der Waals surface area contributed by atoms with E-state index >= 15 is 0 Å². The second-order valence-corrected chi connectivity index (χ2v) is 3.70. The van der Waals surface area contributed by atoms with Gasteiger partial charge in [0, 0.05) is 0 Å². The molecule has 0 saturated heterocycles. The maximum absolute atomic E-state index is 11.7. The summed E-state index contributed by atoms with van der Waals surface area (Å²) in [5.74, 6) is -1.65. The Morgan fingerprint density at radius 1 is 1.19 bits per heavy atom. The van der Waals surface area contributed by atoms with Gasteiger partial charge in [-0.2, -0.15) is 0 Å². The van der Waals surface area contributed by atoms with Crippen molar-refractivity contribution in [1.29, 1.82) is 0 Å². The van der Waals surface area contributed by atoms with Crippen LogP contribution in [0.3, 0.4) is 0 Å². The number of carboxylic acids is 1. The van der Waals surface area contributed by atoms with E-state index in [4.69, 9.17) is 5.11 Å². The van der Waals surface area contributed by atoms with E-state index in [1.54, 1.807) is 6.92 Å². The van der Waals surface area contributed by atoms with Crippen LogP contribution in [-0.2, 0) is 9.59 Å². The molecule has 0 aromatic heterocycles. The zero-order valence-electron chi connectivity index (χ0n) is 9.31. The summed E-state index contributed by atoms with van der Waals surface area (Å²) < 4.78 is 0. The van der Waals surface area contributed by atoms with E-state index in [1.165, 1.54) is 6.92 Å². The van der Waals surface area contributed by atoms with Crippen LogP contribution in [0.25, 0.3) is 0 Å². The summed E-state index contributed by atoms with van der Waals surface area (Å²) in [7, 11) is 0. The van der Waals surface area contributed by atoms with Crippen molar-refractivity contribution in [1.82, 2.24) is 5.32 Å². The standard InChI is InChI=1S/C12H15NO3/c1-8(10-6-4-3-5-7-10)11(14)13-9(2)12(15)16/h3-9H,1-2H3,(H,13,14)(H,15,16)/t8?,9-/m1/s1. The minimum atomic E-state index is -1.03. The molecule has 0 radical (unpaired) electrons. The van der Waals surface area contributed by atoms with Gasteiger partial charge >= 0.3 is 5.97 Å². The fourth-order valence-electron chi connectivity index (χ4n) is 1.29. The van der Waals surface area contributed by atoms with Crippen molar-refractivity contribution in [2.45, 2.75) is 25.8 Å². The average Bonchev–Trinajstić information content (AvgIpc) is 2.28. The smallest absolute Gasteiger partial charge is 0.325 e. The number of rotatable bonds is 4. The summed E-state index contributed by atoms with van der Waals surface area (Å²) in [6.07, 6.45) is 0. The van der Waals surface area contributed by atoms with Gasteiger partial charge in [0.2, 0.25) is 5.91 Å². The zero-order valence-corrected chi connectivity index (χ0v) is 9.31. The summed E-state index contributed by atoms with van der Waals surface area (Å²) in [6, 6.07) is 8.39. The van der Waals surface area contributed by atoms with Gasteiger partial charge in [0.05, 0.1) is 5.92 Å². The maximum atomic E-state index is 11.7. The lowest BCUT2D eigenvalue weighted by atomic mass is 10.0. The molecule has 16 heavy (non-hydrogen) atoms. The molecule has 2 atom stereocenters. The first kappa shape index (κ1) is 12.2. The van der Waals surface area contributed by atoms with Crippen molar-refractivity contribution >= 4 is 11.9 Å². The van der Waals surface area contributed by atoms with Crippen molar-refractivity contribution in [2.75, 3.05) is 0 Å². The van der Waals surface area contributed by atoms with Crippen LogP contribution in [0.4, 0.5) is 0 Å². The predicted molar refractivity (Wildman–Crippen MR) is 60.1 cm³/mol. The minimum absolute atomic E-state index is 0.277. The molecule has 0 aliphatic rings. The lowest BCUT2D eigenvalue weighted by molar-refractivity contribution is -0.141. The summed E-state index contributed by atoms with van der Waals surface area (Å²) in [5, 5.41) is 11.1. The monoisotopic (exact) mass is 221 g/mol. The molecule has 0 aliphatic carbocycles. The molecule has 0 aliphatic heterocycles. The molecular formula is C12H15NO3. The van der Waals surface area contributed by atoms with Gasteiger partial charge in [0.15, 0.2) is 0 Å². The second-order valence-electron chi connectivity index (χ2n) is 3.70. The first-order valence-corrected chi connectivity index (χ1v) is 5.10. The molecular weight excluding hydrogens is 206 g/mol. The van der Waals surface area contributed by atoms with Crippen LogP contribution in [-0.4, -0.2) is 23.0 Å². The van der Waals surface area contributed by atoms with Gasteiger partial charge in [-0.05, 0) is 19.4 Å². The number of aliphatic carboxylic acids is 1. The van der Waals surface area contributed by atoms with Crippen molar-refractivity contribution < 1.29 is 14.7 Å². The molecule has 1 amide bonds. The quantitative estimate of drug-likeness (QED) is 0.807. The van der Waals surface area contributed by atoms with Gasteiger partial charge in [0.25, 0.3) is 0 Å². The van der Waals surface area contributed by atoms with Gasteiger partial charge in [-0.15, -0.1) is 0 Å². The molecule has 86 valence electrons. The Morgan fingerprint density at radius 2 is 1.75 bits per heavy atom. The van der Waals surface area contributed by atoms with Crippen LogP contribution >= 0.6 is 0 Å². The number of carbonyl (C=O) groups excluding carboxylic acids is 1. The van der Waals surface area contributed by atoms with Gasteiger partial charge < -0.3 is 10.4 Å². The number of nitrogens with one attached hydrogen (secondary N) is 1. The van der Waals surface area contributed by atoms with E-state index < -0.39 is 12.0 Å². The van der Waals surface area contributed by atoms with Gasteiger partial charge in [-0.3, -0.25) is 9.59 Å². The third kappa shape index (κ3) is 3.08. The molecule has 0 fully saturated rings. The third-order valence-corrected chi connectivity index (χ3v) is 2.42. The highest BCUT2D eigenvalue weighted by Crippen LogP contribution is 2.14. The van der Waals surface area contributed by atoms with Crippen LogP contribution in [0.2, 0.25) is 0 Å². The number of hydrogen-bond donors (Lipinski definition) is 2. The van der Waals surface area contributed by atoms with Crippen molar-refractivity contribution in [3.05, 3.63) is 35.9 Å². The Bertz CT molecular complexity index is 375. The summed E-state index contributed by atoms with van der Waals surface area (Å²) in [5.41, 5.74) is 0.873. The molecule has 4 nitrogen and oxygen atoms in total. The molecule has 1 unspecified atom stereocenters. The van der Waals surface area contributed by atoms with E-state index in [-0.39, 0.29) is 11.8 Å². The normalized spacial score (nSPS) is 13.9. The predicted octanol–water partition coefficient (Wildman–Crippen LogP) is 1.38.